The van der Waals surface area contributed by atoms with Crippen LogP contribution in [0.4, 0.5) is 0 Å². The monoisotopic (exact) mass is 1080 g/mol. The van der Waals surface area contributed by atoms with Gasteiger partial charge in [-0.25, -0.2) is 0 Å². The molecular weight excluding hydrogens is 949 g/mol. The van der Waals surface area contributed by atoms with E-state index in [-0.39, 0.29) is 0 Å². The predicted molar refractivity (Wildman–Crippen MR) is 381 cm³/mol. The van der Waals surface area contributed by atoms with Gasteiger partial charge in [0.2, 0.25) is 0 Å². The van der Waals surface area contributed by atoms with Crippen LogP contribution in [0.5, 0.6) is 0 Å². The van der Waals surface area contributed by atoms with Gasteiger partial charge in [-0.3, -0.25) is 0 Å². The van der Waals surface area contributed by atoms with E-state index in [1.54, 1.807) is 22.3 Å². The normalized spacial score (nSPS) is 8.66. The highest BCUT2D eigenvalue weighted by molar-refractivity contribution is 5.82. The largest absolute Gasteiger partial charge is 0.0683 e. The van der Waals surface area contributed by atoms with E-state index in [4.69, 9.17) is 0 Å². The second kappa shape index (κ2) is 97.8. The topological polar surface area (TPSA) is 0 Å². The summed E-state index contributed by atoms with van der Waals surface area (Å²) in [6.07, 6.45) is 9.34. The lowest BCUT2D eigenvalue weighted by Gasteiger charge is -2.13. The second-order valence-corrected chi connectivity index (χ2v) is 12.6. The van der Waals surface area contributed by atoms with Crippen molar-refractivity contribution < 1.29 is 0 Å². The van der Waals surface area contributed by atoms with Crippen molar-refractivity contribution in [3.8, 4) is 0 Å². The molecule has 0 spiro atoms. The maximum Gasteiger partial charge on any atom is -0.0184 e. The van der Waals surface area contributed by atoms with Gasteiger partial charge in [-0.2, -0.15) is 0 Å². The molecule has 0 radical (unpaired) electrons. The number of benzene rings is 8. The molecule has 0 atom stereocenters. The first-order chi connectivity index (χ1) is 39.4. The van der Waals surface area contributed by atoms with Crippen molar-refractivity contribution in [3.63, 3.8) is 0 Å². The van der Waals surface area contributed by atoms with E-state index in [9.17, 15) is 0 Å². The SMILES string of the molecule is CC.CC.CC.CC.CC.CC.CC.CC.CC.CC.CC.CC.CC.CC.c1ccc2c(c1)CCC2.c1ccc2c(c1)CCCC2.c1ccc2ccccc2c1.c1ccc2ccccc2c1.c1ccccc1.c1ccccc1. The number of hydrogen-bond acceptors (Lipinski definition) is 0. The molecule has 0 N–H and O–H groups in total. The fraction of sp³-hybridized carbons (Fsp3) is 0.443. The lowest BCUT2D eigenvalue weighted by molar-refractivity contribution is 0.685. The van der Waals surface area contributed by atoms with Crippen molar-refractivity contribution in [2.24, 2.45) is 0 Å². The first-order valence-corrected chi connectivity index (χ1v) is 32.4. The van der Waals surface area contributed by atoms with Gasteiger partial charge in [0.25, 0.3) is 0 Å². The Kier molecular flexibility index (Phi) is 118. The van der Waals surface area contributed by atoms with E-state index in [0.717, 1.165) is 0 Å². The van der Waals surface area contributed by atoms with Crippen LogP contribution < -0.4 is 0 Å². The maximum absolute atomic E-state index is 2.26. The molecule has 0 saturated carbocycles. The summed E-state index contributed by atoms with van der Waals surface area (Å²) in [6.45, 7) is 56.0. The Morgan fingerprint density at radius 1 is 0.139 bits per heavy atom. The average molecular weight is 1080 g/mol. The zero-order valence-electron chi connectivity index (χ0n) is 57.7. The molecule has 0 heteroatoms. The molecule has 0 fully saturated rings. The highest BCUT2D eigenvalue weighted by Crippen LogP contribution is 2.21. The lowest BCUT2D eigenvalue weighted by atomic mass is 9.92. The van der Waals surface area contributed by atoms with Crippen LogP contribution in [0, 0.1) is 0 Å². The van der Waals surface area contributed by atoms with Gasteiger partial charge in [0.15, 0.2) is 0 Å². The third-order valence-electron chi connectivity index (χ3n) is 8.92. The summed E-state index contributed by atoms with van der Waals surface area (Å²) < 4.78 is 0. The fourth-order valence-electron chi connectivity index (χ4n) is 6.23. The summed E-state index contributed by atoms with van der Waals surface area (Å²) in [6, 6.07) is 75.0. The zero-order valence-corrected chi connectivity index (χ0v) is 57.7. The average Bonchev–Trinajstić information content (AvgIpc) is 4.10. The number of fused-ring (bicyclic) bond motifs is 4. The summed E-state index contributed by atoms with van der Waals surface area (Å²) >= 11 is 0. The summed E-state index contributed by atoms with van der Waals surface area (Å²) in [4.78, 5) is 0. The molecule has 10 rings (SSSR count). The lowest BCUT2D eigenvalue weighted by Crippen LogP contribution is -2.00. The minimum atomic E-state index is 1.30. The van der Waals surface area contributed by atoms with E-state index in [1.807, 2.05) is 267 Å². The maximum atomic E-state index is 2.26. The van der Waals surface area contributed by atoms with Crippen molar-refractivity contribution in [1.82, 2.24) is 0 Å². The molecule has 2 aliphatic carbocycles. The molecule has 79 heavy (non-hydrogen) atoms. The van der Waals surface area contributed by atoms with Gasteiger partial charge in [0.05, 0.1) is 0 Å². The Hall–Kier alpha value is -5.72. The minimum absolute atomic E-state index is 1.30. The van der Waals surface area contributed by atoms with Crippen molar-refractivity contribution >= 4 is 21.5 Å². The van der Waals surface area contributed by atoms with Crippen LogP contribution in [0.1, 0.15) is 235 Å². The van der Waals surface area contributed by atoms with E-state index in [2.05, 4.69) is 146 Å². The van der Waals surface area contributed by atoms with Crippen LogP contribution >= 0.6 is 0 Å². The smallest absolute Gasteiger partial charge is 0.0184 e. The van der Waals surface area contributed by atoms with Gasteiger partial charge < -0.3 is 0 Å². The Balaban J connectivity index is -0.0000000834. The molecule has 0 saturated heterocycles. The summed E-state index contributed by atoms with van der Waals surface area (Å²) in [5.41, 5.74) is 6.29. The molecule has 8 aromatic carbocycles. The first kappa shape index (κ1) is 95.6. The Bertz CT molecular complexity index is 1740. The third kappa shape index (κ3) is 59.8. The fourth-order valence-corrected chi connectivity index (χ4v) is 6.23. The summed E-state index contributed by atoms with van der Waals surface area (Å²) in [5, 5.41) is 5.24. The molecule has 0 bridgehead atoms. The molecule has 0 aliphatic heterocycles. The standard InChI is InChI=1S/C10H12.2C10H8.C9H10.2C6H6.14C2H6/c3*1-2-6-10-8-4-3-7-9(10)5-1;1-2-5-9-7-3-6-8(9)4-1;2*1-2-4-6-5-3-1;14*1-2/h1-2,5-6H,3-4,7-8H2;2*1-8H;1-2,4-5H,3,6-7H2;2*1-6H;14*1-2H3. The van der Waals surface area contributed by atoms with Crippen LogP contribution in [0.15, 0.2) is 218 Å². The van der Waals surface area contributed by atoms with Crippen molar-refractivity contribution in [3.05, 3.63) is 241 Å². The quantitative estimate of drug-likeness (QED) is 0.142. The van der Waals surface area contributed by atoms with Crippen molar-refractivity contribution in [2.75, 3.05) is 0 Å². The number of aryl methyl sites for hydroxylation is 4. The van der Waals surface area contributed by atoms with Gasteiger partial charge in [-0.15, -0.1) is 0 Å². The molecule has 0 nitrogen and oxygen atoms in total. The van der Waals surface area contributed by atoms with E-state index >= 15 is 0 Å². The molecule has 0 unspecified atom stereocenters. The van der Waals surface area contributed by atoms with Gasteiger partial charge >= 0.3 is 0 Å². The Labute approximate surface area is 498 Å². The van der Waals surface area contributed by atoms with Crippen molar-refractivity contribution in [2.45, 2.75) is 239 Å². The molecule has 0 aromatic heterocycles. The molecular formula is C79H134. The Morgan fingerprint density at radius 2 is 0.253 bits per heavy atom. The molecule has 0 amide bonds. The van der Waals surface area contributed by atoms with Crippen LogP contribution in [0.25, 0.3) is 21.5 Å². The zero-order chi connectivity index (χ0) is 63.0. The summed E-state index contributed by atoms with van der Waals surface area (Å²) in [5.74, 6) is 0. The van der Waals surface area contributed by atoms with Gasteiger partial charge in [-0.05, 0) is 88.7 Å². The van der Waals surface area contributed by atoms with E-state index in [1.165, 1.54) is 66.5 Å². The predicted octanol–water partition coefficient (Wildman–Crippen LogP) is 28.2. The molecule has 2 aliphatic rings. The van der Waals surface area contributed by atoms with Gasteiger partial charge in [0.1, 0.15) is 0 Å². The summed E-state index contributed by atoms with van der Waals surface area (Å²) in [7, 11) is 0. The number of hydrogen-bond donors (Lipinski definition) is 0. The van der Waals surface area contributed by atoms with Gasteiger partial charge in [0, 0.05) is 0 Å². The van der Waals surface area contributed by atoms with E-state index in [0.29, 0.717) is 0 Å². The molecule has 8 aromatic rings. The van der Waals surface area contributed by atoms with Crippen molar-refractivity contribution in [1.29, 1.82) is 0 Å². The first-order valence-electron chi connectivity index (χ1n) is 32.4. The number of rotatable bonds is 0. The van der Waals surface area contributed by atoms with Crippen LogP contribution in [-0.4, -0.2) is 0 Å². The minimum Gasteiger partial charge on any atom is -0.0683 e. The molecule has 0 heterocycles. The highest BCUT2D eigenvalue weighted by atomic mass is 14.1. The van der Waals surface area contributed by atoms with Crippen LogP contribution in [0.3, 0.4) is 0 Å². The highest BCUT2D eigenvalue weighted by Gasteiger charge is 2.07. The Morgan fingerprint density at radius 3 is 0.392 bits per heavy atom. The second-order valence-electron chi connectivity index (χ2n) is 12.6. The molecule has 450 valence electrons. The van der Waals surface area contributed by atoms with Crippen LogP contribution in [0.2, 0.25) is 0 Å². The van der Waals surface area contributed by atoms with E-state index < -0.39 is 0 Å². The third-order valence-corrected chi connectivity index (χ3v) is 8.92. The van der Waals surface area contributed by atoms with Crippen LogP contribution in [-0.2, 0) is 25.7 Å². The van der Waals surface area contributed by atoms with Gasteiger partial charge in [-0.1, -0.05) is 412 Å².